The SMILES string of the molecule is N=[N+]=NCCc1c(CCS(=O)(=O)c2ccc(CCC(=O)[O-])cc2)c2cc(Cl)ccc2n1C(c1ccccc1)c1ccccc1. The zero-order valence-corrected chi connectivity index (χ0v) is 25.5. The van der Waals surface area contributed by atoms with Gasteiger partial charge in [-0.2, -0.15) is 0 Å². The summed E-state index contributed by atoms with van der Waals surface area (Å²) in [5, 5.41) is 16.1. The average molecular weight is 627 g/mol. The van der Waals surface area contributed by atoms with Crippen LogP contribution in [0.3, 0.4) is 0 Å². The number of aliphatic carboxylic acids is 1. The van der Waals surface area contributed by atoms with E-state index in [4.69, 9.17) is 17.1 Å². The number of carbonyl (C=O) groups is 1. The number of nitrogens with zero attached hydrogens (tertiary/aromatic N) is 3. The molecule has 5 rings (SSSR count). The summed E-state index contributed by atoms with van der Waals surface area (Å²) in [5.41, 5.74) is 12.7. The molecule has 4 aromatic carbocycles. The predicted molar refractivity (Wildman–Crippen MR) is 168 cm³/mol. The van der Waals surface area contributed by atoms with Crippen LogP contribution >= 0.6 is 11.6 Å². The first kappa shape index (κ1) is 30.9. The summed E-state index contributed by atoms with van der Waals surface area (Å²) in [6.45, 7) is 0.261. The van der Waals surface area contributed by atoms with Crippen molar-refractivity contribution in [1.82, 2.24) is 9.48 Å². The lowest BCUT2D eigenvalue weighted by Crippen LogP contribution is -2.22. The number of carboxylic acids is 1. The largest absolute Gasteiger partial charge is 0.550 e. The molecule has 0 aliphatic heterocycles. The number of hydrogen-bond donors (Lipinski definition) is 1. The highest BCUT2D eigenvalue weighted by atomic mass is 35.5. The molecule has 0 saturated carbocycles. The van der Waals surface area contributed by atoms with E-state index in [2.05, 4.69) is 38.9 Å². The lowest BCUT2D eigenvalue weighted by Gasteiger charge is -2.24. The second kappa shape index (κ2) is 13.8. The average Bonchev–Trinajstić information content (AvgIpc) is 3.32. The van der Waals surface area contributed by atoms with E-state index in [-0.39, 0.29) is 42.5 Å². The summed E-state index contributed by atoms with van der Waals surface area (Å²) in [7, 11) is -3.69. The molecule has 1 N–H and O–H groups in total. The van der Waals surface area contributed by atoms with Crippen LogP contribution in [0.2, 0.25) is 5.02 Å². The molecule has 0 atom stereocenters. The Kier molecular flexibility index (Phi) is 9.70. The number of halogens is 1. The van der Waals surface area contributed by atoms with E-state index in [1.165, 1.54) is 12.1 Å². The van der Waals surface area contributed by atoms with Crippen molar-refractivity contribution in [3.63, 3.8) is 0 Å². The first-order valence-corrected chi connectivity index (χ1v) is 16.3. The number of aromatic nitrogens is 1. The molecule has 0 bridgehead atoms. The molecule has 0 fully saturated rings. The molecule has 0 unspecified atom stereocenters. The van der Waals surface area contributed by atoms with Crippen LogP contribution in [0.15, 0.2) is 113 Å². The summed E-state index contributed by atoms with van der Waals surface area (Å²) in [4.78, 5) is 14.2. The van der Waals surface area contributed by atoms with E-state index in [0.29, 0.717) is 11.4 Å². The van der Waals surface area contributed by atoms with Crippen molar-refractivity contribution in [2.45, 2.75) is 36.6 Å². The molecule has 224 valence electrons. The van der Waals surface area contributed by atoms with Crippen molar-refractivity contribution < 1.29 is 18.3 Å². The fourth-order valence-electron chi connectivity index (χ4n) is 5.68. The van der Waals surface area contributed by atoms with Crippen LogP contribution in [0.1, 0.15) is 40.4 Å². The van der Waals surface area contributed by atoms with Gasteiger partial charge >= 0.3 is 0 Å². The van der Waals surface area contributed by atoms with Gasteiger partial charge in [0.05, 0.1) is 16.7 Å². The van der Waals surface area contributed by atoms with Gasteiger partial charge in [0, 0.05) is 34.0 Å². The van der Waals surface area contributed by atoms with Crippen LogP contribution in [0, 0.1) is 5.53 Å². The molecule has 10 heteroatoms. The Balaban J connectivity index is 1.61. The molecule has 0 amide bonds. The smallest absolute Gasteiger partial charge is 0.214 e. The zero-order valence-electron chi connectivity index (χ0n) is 23.9. The quantitative estimate of drug-likeness (QED) is 0.132. The summed E-state index contributed by atoms with van der Waals surface area (Å²) >= 11 is 6.51. The van der Waals surface area contributed by atoms with Crippen molar-refractivity contribution in [2.24, 2.45) is 5.11 Å². The van der Waals surface area contributed by atoms with E-state index < -0.39 is 15.8 Å². The molecule has 1 heterocycles. The van der Waals surface area contributed by atoms with Gasteiger partial charge in [-0.05, 0) is 71.8 Å². The minimum absolute atomic E-state index is 0.131. The van der Waals surface area contributed by atoms with Crippen molar-refractivity contribution in [2.75, 3.05) is 12.3 Å². The number of carboxylic acid groups (broad SMARTS) is 1. The van der Waals surface area contributed by atoms with Gasteiger partial charge in [-0.3, -0.25) is 0 Å². The van der Waals surface area contributed by atoms with E-state index >= 15 is 0 Å². The van der Waals surface area contributed by atoms with Gasteiger partial charge in [-0.15, -0.1) is 0 Å². The Hall–Kier alpha value is -4.56. The number of rotatable bonds is 13. The van der Waals surface area contributed by atoms with Gasteiger partial charge in [-0.25, -0.2) is 8.42 Å². The molecule has 1 aromatic heterocycles. The minimum Gasteiger partial charge on any atom is -0.550 e. The van der Waals surface area contributed by atoms with Gasteiger partial charge in [0.1, 0.15) is 17.2 Å². The van der Waals surface area contributed by atoms with Crippen LogP contribution in [-0.4, -0.2) is 31.3 Å². The summed E-state index contributed by atoms with van der Waals surface area (Å²) in [5.74, 6) is -1.30. The molecule has 0 aliphatic rings. The topological polar surface area (TPSA) is 130 Å². The molecule has 0 saturated heterocycles. The number of nitrogens with one attached hydrogen (secondary N) is 1. The lowest BCUT2D eigenvalue weighted by atomic mass is 9.97. The highest BCUT2D eigenvalue weighted by Crippen LogP contribution is 2.38. The van der Waals surface area contributed by atoms with Crippen molar-refractivity contribution in [3.8, 4) is 0 Å². The number of benzene rings is 4. The maximum absolute atomic E-state index is 13.5. The van der Waals surface area contributed by atoms with Crippen LogP contribution < -0.4 is 10.0 Å². The van der Waals surface area contributed by atoms with Crippen molar-refractivity contribution >= 4 is 38.3 Å². The molecule has 0 aliphatic carbocycles. The first-order chi connectivity index (χ1) is 21.3. The molecule has 0 radical (unpaired) electrons. The van der Waals surface area contributed by atoms with Crippen molar-refractivity contribution in [3.05, 3.63) is 136 Å². The van der Waals surface area contributed by atoms with E-state index in [1.807, 2.05) is 54.6 Å². The van der Waals surface area contributed by atoms with Crippen LogP contribution in [-0.2, 0) is 33.9 Å². The second-order valence-electron chi connectivity index (χ2n) is 10.5. The molecular formula is C34H31ClN4O4S. The fourth-order valence-corrected chi connectivity index (χ4v) is 7.11. The van der Waals surface area contributed by atoms with E-state index in [9.17, 15) is 18.3 Å². The maximum Gasteiger partial charge on any atom is 0.214 e. The van der Waals surface area contributed by atoms with Crippen molar-refractivity contribution in [1.29, 1.82) is 5.53 Å². The highest BCUT2D eigenvalue weighted by molar-refractivity contribution is 7.91. The van der Waals surface area contributed by atoms with Crippen LogP contribution in [0.25, 0.3) is 10.9 Å². The number of carbonyl (C=O) groups excluding carboxylic acids is 1. The minimum atomic E-state index is -3.69. The monoisotopic (exact) mass is 626 g/mol. The number of aryl methyl sites for hydroxylation is 2. The van der Waals surface area contributed by atoms with Gasteiger partial charge in [0.2, 0.25) is 4.91 Å². The maximum atomic E-state index is 13.5. The normalized spacial score (nSPS) is 11.5. The Labute approximate surface area is 261 Å². The number of fused-ring (bicyclic) bond motifs is 1. The Morgan fingerprint density at radius 2 is 1.52 bits per heavy atom. The fraction of sp³-hybridized carbons (Fsp3) is 0.206. The van der Waals surface area contributed by atoms with Crippen LogP contribution in [0.4, 0.5) is 0 Å². The van der Waals surface area contributed by atoms with E-state index in [0.717, 1.165) is 38.9 Å². The molecular weight excluding hydrogens is 596 g/mol. The summed E-state index contributed by atoms with van der Waals surface area (Å²) in [6.07, 6.45) is 0.801. The number of hydrogen-bond acceptors (Lipinski definition) is 6. The summed E-state index contributed by atoms with van der Waals surface area (Å²) < 4.78 is 29.3. The van der Waals surface area contributed by atoms with Gasteiger partial charge < -0.3 is 14.5 Å². The second-order valence-corrected chi connectivity index (χ2v) is 13.0. The predicted octanol–water partition coefficient (Wildman–Crippen LogP) is 5.72. The summed E-state index contributed by atoms with van der Waals surface area (Å²) in [6, 6.07) is 32.0. The third-order valence-electron chi connectivity index (χ3n) is 7.71. The highest BCUT2D eigenvalue weighted by Gasteiger charge is 2.27. The molecule has 44 heavy (non-hydrogen) atoms. The third kappa shape index (κ3) is 6.97. The van der Waals surface area contributed by atoms with E-state index in [1.54, 1.807) is 12.1 Å². The Bertz CT molecular complexity index is 1880. The molecule has 0 spiro atoms. The van der Waals surface area contributed by atoms with Gasteiger partial charge in [0.25, 0.3) is 0 Å². The Morgan fingerprint density at radius 3 is 2.11 bits per heavy atom. The molecule has 8 nitrogen and oxygen atoms in total. The zero-order chi connectivity index (χ0) is 31.1. The van der Waals surface area contributed by atoms with Gasteiger partial charge in [-0.1, -0.05) is 84.4 Å². The van der Waals surface area contributed by atoms with Crippen LogP contribution in [0.5, 0.6) is 0 Å². The number of sulfone groups is 1. The van der Waals surface area contributed by atoms with Gasteiger partial charge in [0.15, 0.2) is 9.84 Å². The standard InChI is InChI=1S/C34H31ClN4O4S/c35-27-14-17-31-30(23-27)29(20-22-44(42,43)28-15-11-24(12-16-28)13-18-33(40)41)32(19-21-37-38-36)39(31)34(25-7-3-1-4-8-25)26-9-5-2-6-10-26/h1-12,14-17,23,34,36H,13,18-22H2. The Morgan fingerprint density at radius 1 is 0.886 bits per heavy atom. The third-order valence-corrected chi connectivity index (χ3v) is 9.68. The first-order valence-electron chi connectivity index (χ1n) is 14.2. The lowest BCUT2D eigenvalue weighted by molar-refractivity contribution is -0.305. The molecule has 5 aromatic rings.